The SMILES string of the molecule is O=c1ccc(-c2nc(-c3ccc(OC(F)(F)F)cc3)co2)cn1Cc1cccc(C2(CO)CC2)c1. The van der Waals surface area contributed by atoms with Gasteiger partial charge in [-0.2, -0.15) is 0 Å². The lowest BCUT2D eigenvalue weighted by atomic mass is 9.95. The minimum absolute atomic E-state index is 0.108. The topological polar surface area (TPSA) is 77.5 Å². The highest BCUT2D eigenvalue weighted by molar-refractivity contribution is 5.63. The van der Waals surface area contributed by atoms with Crippen LogP contribution in [0.4, 0.5) is 13.2 Å². The van der Waals surface area contributed by atoms with E-state index in [-0.39, 0.29) is 29.2 Å². The van der Waals surface area contributed by atoms with Crippen molar-refractivity contribution in [3.63, 3.8) is 0 Å². The van der Waals surface area contributed by atoms with Crippen LogP contribution in [0.25, 0.3) is 22.7 Å². The largest absolute Gasteiger partial charge is 0.573 e. The normalized spacial score (nSPS) is 14.6. The summed E-state index contributed by atoms with van der Waals surface area (Å²) in [7, 11) is 0. The van der Waals surface area contributed by atoms with E-state index in [0.717, 1.165) is 24.0 Å². The molecule has 6 nitrogen and oxygen atoms in total. The number of hydrogen-bond donors (Lipinski definition) is 1. The van der Waals surface area contributed by atoms with E-state index in [4.69, 9.17) is 4.42 Å². The highest BCUT2D eigenvalue weighted by atomic mass is 19.4. The van der Waals surface area contributed by atoms with Crippen LogP contribution in [0, 0.1) is 0 Å². The summed E-state index contributed by atoms with van der Waals surface area (Å²) in [5.41, 5.74) is 3.24. The molecule has 2 heterocycles. The van der Waals surface area contributed by atoms with Crippen molar-refractivity contribution in [2.45, 2.75) is 31.2 Å². The minimum Gasteiger partial charge on any atom is -0.444 e. The fraction of sp³-hybridized carbons (Fsp3) is 0.231. The van der Waals surface area contributed by atoms with E-state index in [1.165, 1.54) is 36.6 Å². The third-order valence-corrected chi connectivity index (χ3v) is 6.17. The molecule has 2 aromatic heterocycles. The summed E-state index contributed by atoms with van der Waals surface area (Å²) in [6.07, 6.45) is 0.201. The first-order valence-electron chi connectivity index (χ1n) is 11.0. The Kier molecular flexibility index (Phi) is 5.72. The third kappa shape index (κ3) is 5.00. The number of halogens is 3. The zero-order valence-electron chi connectivity index (χ0n) is 18.5. The Morgan fingerprint density at radius 3 is 2.49 bits per heavy atom. The number of benzene rings is 2. The van der Waals surface area contributed by atoms with Crippen LogP contribution >= 0.6 is 0 Å². The van der Waals surface area contributed by atoms with Crippen molar-refractivity contribution in [3.05, 3.63) is 94.6 Å². The summed E-state index contributed by atoms with van der Waals surface area (Å²) in [4.78, 5) is 16.9. The molecule has 0 radical (unpaired) electrons. The molecule has 1 N–H and O–H groups in total. The van der Waals surface area contributed by atoms with Gasteiger partial charge in [0.2, 0.25) is 5.89 Å². The second-order valence-electron chi connectivity index (χ2n) is 8.63. The summed E-state index contributed by atoms with van der Waals surface area (Å²) in [5.74, 6) is -0.0527. The van der Waals surface area contributed by atoms with Crippen molar-refractivity contribution in [3.8, 4) is 28.5 Å². The van der Waals surface area contributed by atoms with Gasteiger partial charge in [-0.15, -0.1) is 13.2 Å². The van der Waals surface area contributed by atoms with Crippen molar-refractivity contribution in [2.24, 2.45) is 0 Å². The molecular weight excluding hydrogens is 461 g/mol. The molecular formula is C26H21F3N2O4. The molecule has 0 unspecified atom stereocenters. The average Bonchev–Trinajstić information content (AvgIpc) is 3.49. The van der Waals surface area contributed by atoms with Gasteiger partial charge in [-0.25, -0.2) is 4.98 Å². The highest BCUT2D eigenvalue weighted by Crippen LogP contribution is 2.47. The van der Waals surface area contributed by atoms with E-state index in [9.17, 15) is 23.1 Å². The first kappa shape index (κ1) is 22.9. The summed E-state index contributed by atoms with van der Waals surface area (Å²) >= 11 is 0. The number of rotatable bonds is 7. The molecule has 0 bridgehead atoms. The summed E-state index contributed by atoms with van der Waals surface area (Å²) in [6, 6.07) is 16.2. The predicted octanol–water partition coefficient (Wildman–Crippen LogP) is 5.14. The number of aliphatic hydroxyl groups excluding tert-OH is 1. The number of nitrogens with zero attached hydrogens (tertiary/aromatic N) is 2. The van der Waals surface area contributed by atoms with Crippen molar-refractivity contribution in [2.75, 3.05) is 6.61 Å². The molecule has 0 amide bonds. The second kappa shape index (κ2) is 8.74. The van der Waals surface area contributed by atoms with Crippen LogP contribution in [0.15, 0.2) is 82.3 Å². The third-order valence-electron chi connectivity index (χ3n) is 6.17. The first-order chi connectivity index (χ1) is 16.7. The zero-order valence-corrected chi connectivity index (χ0v) is 18.5. The lowest BCUT2D eigenvalue weighted by Crippen LogP contribution is -2.19. The average molecular weight is 482 g/mol. The Labute approximate surface area is 198 Å². The number of alkyl halides is 3. The van der Waals surface area contributed by atoms with Crippen molar-refractivity contribution in [1.29, 1.82) is 0 Å². The molecule has 1 saturated carbocycles. The summed E-state index contributed by atoms with van der Waals surface area (Å²) < 4.78 is 48.1. The number of aromatic nitrogens is 2. The van der Waals surface area contributed by atoms with E-state index in [1.807, 2.05) is 24.3 Å². The van der Waals surface area contributed by atoms with Gasteiger partial charge in [-0.3, -0.25) is 4.79 Å². The van der Waals surface area contributed by atoms with Crippen LogP contribution in [-0.2, 0) is 12.0 Å². The zero-order chi connectivity index (χ0) is 24.6. The molecule has 5 rings (SSSR count). The summed E-state index contributed by atoms with van der Waals surface area (Å²) in [5, 5.41) is 9.72. The van der Waals surface area contributed by atoms with Gasteiger partial charge >= 0.3 is 6.36 Å². The Morgan fingerprint density at radius 2 is 1.80 bits per heavy atom. The monoisotopic (exact) mass is 482 g/mol. The molecule has 1 fully saturated rings. The molecule has 0 saturated heterocycles. The number of hydrogen-bond acceptors (Lipinski definition) is 5. The smallest absolute Gasteiger partial charge is 0.444 e. The molecule has 1 aliphatic rings. The van der Waals surface area contributed by atoms with Crippen molar-refractivity contribution < 1.29 is 27.4 Å². The molecule has 35 heavy (non-hydrogen) atoms. The molecule has 1 aliphatic carbocycles. The van der Waals surface area contributed by atoms with Crippen molar-refractivity contribution in [1.82, 2.24) is 9.55 Å². The summed E-state index contributed by atoms with van der Waals surface area (Å²) in [6.45, 7) is 0.451. The second-order valence-corrected chi connectivity index (χ2v) is 8.63. The van der Waals surface area contributed by atoms with Crippen molar-refractivity contribution >= 4 is 0 Å². The van der Waals surface area contributed by atoms with Gasteiger partial charge in [-0.05, 0) is 54.3 Å². The molecule has 180 valence electrons. The van der Waals surface area contributed by atoms with Gasteiger partial charge < -0.3 is 18.8 Å². The van der Waals surface area contributed by atoms with Gasteiger partial charge in [0.1, 0.15) is 17.7 Å². The molecule has 9 heteroatoms. The van der Waals surface area contributed by atoms with Crippen LogP contribution in [0.1, 0.15) is 24.0 Å². The van der Waals surface area contributed by atoms with Gasteiger partial charge in [-0.1, -0.05) is 24.3 Å². The van der Waals surface area contributed by atoms with Gasteiger partial charge in [0, 0.05) is 23.2 Å². The number of ether oxygens (including phenoxy) is 1. The standard InChI is InChI=1S/C26H21F3N2O4/c27-26(28,29)35-21-7-4-18(5-8-21)22-15-34-24(30-22)19-6-9-23(33)31(14-19)13-17-2-1-3-20(12-17)25(16-32)10-11-25/h1-9,12,14-15,32H,10-11,13,16H2. The van der Waals surface area contributed by atoms with Crippen LogP contribution in [0.3, 0.4) is 0 Å². The highest BCUT2D eigenvalue weighted by Gasteiger charge is 2.43. The molecule has 0 spiro atoms. The quantitative estimate of drug-likeness (QED) is 0.395. The molecule has 0 aliphatic heterocycles. The van der Waals surface area contributed by atoms with Crippen LogP contribution in [-0.4, -0.2) is 27.6 Å². The van der Waals surface area contributed by atoms with E-state index >= 15 is 0 Å². The van der Waals surface area contributed by atoms with Gasteiger partial charge in [0.15, 0.2) is 0 Å². The maximum atomic E-state index is 12.5. The predicted molar refractivity (Wildman–Crippen MR) is 122 cm³/mol. The Bertz CT molecular complexity index is 1400. The number of oxazole rings is 1. The number of pyridine rings is 1. The maximum Gasteiger partial charge on any atom is 0.573 e. The van der Waals surface area contributed by atoms with E-state index in [2.05, 4.69) is 9.72 Å². The fourth-order valence-corrected chi connectivity index (χ4v) is 4.03. The maximum absolute atomic E-state index is 12.5. The molecule has 4 aromatic rings. The van der Waals surface area contributed by atoms with Gasteiger partial charge in [0.05, 0.1) is 18.7 Å². The van der Waals surface area contributed by atoms with Crippen LogP contribution in [0.5, 0.6) is 5.75 Å². The first-order valence-corrected chi connectivity index (χ1v) is 11.0. The fourth-order valence-electron chi connectivity index (χ4n) is 4.03. The Morgan fingerprint density at radius 1 is 1.06 bits per heavy atom. The lowest BCUT2D eigenvalue weighted by Gasteiger charge is -2.14. The number of aliphatic hydroxyl groups is 1. The van der Waals surface area contributed by atoms with E-state index < -0.39 is 6.36 Å². The van der Waals surface area contributed by atoms with Crippen LogP contribution in [0.2, 0.25) is 0 Å². The lowest BCUT2D eigenvalue weighted by molar-refractivity contribution is -0.274. The minimum atomic E-state index is -4.76. The Hall–Kier alpha value is -3.85. The Balaban J connectivity index is 1.36. The van der Waals surface area contributed by atoms with Gasteiger partial charge in [0.25, 0.3) is 5.56 Å². The van der Waals surface area contributed by atoms with Crippen LogP contribution < -0.4 is 10.3 Å². The van der Waals surface area contributed by atoms with E-state index in [1.54, 1.807) is 16.8 Å². The van der Waals surface area contributed by atoms with E-state index in [0.29, 0.717) is 23.4 Å². The molecule has 0 atom stereocenters. The molecule has 2 aromatic carbocycles.